The molecule has 7 nitrogen and oxygen atoms in total. The van der Waals surface area contributed by atoms with Gasteiger partial charge < -0.3 is 19.4 Å². The Morgan fingerprint density at radius 3 is 2.33 bits per heavy atom. The van der Waals surface area contributed by atoms with Crippen LogP contribution >= 0.6 is 0 Å². The van der Waals surface area contributed by atoms with Crippen molar-refractivity contribution in [2.45, 2.75) is 0 Å². The molecule has 0 amide bonds. The van der Waals surface area contributed by atoms with E-state index in [1.807, 2.05) is 0 Å². The second-order valence-corrected chi connectivity index (χ2v) is 4.94. The van der Waals surface area contributed by atoms with E-state index in [0.717, 1.165) is 4.68 Å². The Bertz CT molecular complexity index is 994. The summed E-state index contributed by atoms with van der Waals surface area (Å²) in [5.41, 5.74) is -0.395. The Hall–Kier alpha value is -3.35. The zero-order valence-corrected chi connectivity index (χ0v) is 13.0. The Kier molecular flexibility index (Phi) is 3.91. The van der Waals surface area contributed by atoms with Crippen molar-refractivity contribution in [2.24, 2.45) is 0 Å². The monoisotopic (exact) mass is 325 g/mol. The van der Waals surface area contributed by atoms with E-state index >= 15 is 0 Å². The van der Waals surface area contributed by atoms with Gasteiger partial charge in [-0.25, -0.2) is 0 Å². The molecule has 1 aromatic heterocycles. The summed E-state index contributed by atoms with van der Waals surface area (Å²) in [6.45, 7) is 0. The molecule has 0 radical (unpaired) electrons. The molecule has 0 spiro atoms. The van der Waals surface area contributed by atoms with Crippen LogP contribution in [-0.2, 0) is 0 Å². The number of carboxylic acids is 1. The number of hydrogen-bond acceptors (Lipinski definition) is 6. The third kappa shape index (κ3) is 2.45. The molecule has 2 aromatic carbocycles. The van der Waals surface area contributed by atoms with E-state index < -0.39 is 11.5 Å². The summed E-state index contributed by atoms with van der Waals surface area (Å²) < 4.78 is 11.4. The average Bonchev–Trinajstić information content (AvgIpc) is 2.61. The fourth-order valence-corrected chi connectivity index (χ4v) is 2.47. The summed E-state index contributed by atoms with van der Waals surface area (Å²) >= 11 is 0. The minimum atomic E-state index is -1.46. The first-order valence-electron chi connectivity index (χ1n) is 7.02. The number of ether oxygens (including phenoxy) is 2. The van der Waals surface area contributed by atoms with Gasteiger partial charge in [0.2, 0.25) is 0 Å². The Balaban J connectivity index is 2.33. The largest absolute Gasteiger partial charge is 0.543 e. The first-order valence-corrected chi connectivity index (χ1v) is 7.02. The van der Waals surface area contributed by atoms with Crippen molar-refractivity contribution in [1.29, 1.82) is 0 Å². The number of aromatic nitrogens is 2. The van der Waals surface area contributed by atoms with Gasteiger partial charge in [-0.1, -0.05) is 18.2 Å². The molecule has 0 aliphatic carbocycles. The van der Waals surface area contributed by atoms with E-state index in [1.165, 1.54) is 20.3 Å². The van der Waals surface area contributed by atoms with E-state index in [4.69, 9.17) is 9.47 Å². The van der Waals surface area contributed by atoms with Crippen LogP contribution in [0.15, 0.2) is 47.3 Å². The molecule has 0 fully saturated rings. The second kappa shape index (κ2) is 6.04. The average molecular weight is 325 g/mol. The minimum Gasteiger partial charge on any atom is -0.543 e. The van der Waals surface area contributed by atoms with Gasteiger partial charge in [-0.05, 0) is 18.2 Å². The van der Waals surface area contributed by atoms with Gasteiger partial charge in [0.1, 0.15) is 5.69 Å². The van der Waals surface area contributed by atoms with Crippen molar-refractivity contribution in [3.8, 4) is 17.2 Å². The molecule has 0 aliphatic heterocycles. The number of aromatic carboxylic acids is 1. The van der Waals surface area contributed by atoms with Gasteiger partial charge in [0.25, 0.3) is 5.56 Å². The maximum Gasteiger partial charge on any atom is 0.279 e. The number of fused-ring (bicyclic) bond motifs is 1. The smallest absolute Gasteiger partial charge is 0.279 e. The lowest BCUT2D eigenvalue weighted by molar-refractivity contribution is -0.255. The molecule has 3 rings (SSSR count). The van der Waals surface area contributed by atoms with Crippen molar-refractivity contribution in [1.82, 2.24) is 9.78 Å². The van der Waals surface area contributed by atoms with Crippen molar-refractivity contribution in [2.75, 3.05) is 14.2 Å². The molecule has 0 bridgehead atoms. The number of rotatable bonds is 4. The summed E-state index contributed by atoms with van der Waals surface area (Å²) in [4.78, 5) is 24.1. The zero-order valence-electron chi connectivity index (χ0n) is 13.0. The molecule has 24 heavy (non-hydrogen) atoms. The Morgan fingerprint density at radius 1 is 1.04 bits per heavy atom. The molecule has 122 valence electrons. The SMILES string of the molecule is COc1ccc(-n2nc(C(=O)[O-])c3ccccc3c2=O)cc1OC. The van der Waals surface area contributed by atoms with Crippen molar-refractivity contribution in [3.63, 3.8) is 0 Å². The lowest BCUT2D eigenvalue weighted by Crippen LogP contribution is -2.30. The number of carboxylic acid groups (broad SMARTS) is 1. The Labute approximate surface area is 136 Å². The summed E-state index contributed by atoms with van der Waals surface area (Å²) in [5, 5.41) is 15.8. The molecule has 0 N–H and O–H groups in total. The van der Waals surface area contributed by atoms with Gasteiger partial charge in [0.05, 0.1) is 31.3 Å². The van der Waals surface area contributed by atoms with Gasteiger partial charge in [0, 0.05) is 11.5 Å². The highest BCUT2D eigenvalue weighted by molar-refractivity contribution is 6.00. The number of hydrogen-bond donors (Lipinski definition) is 0. The number of carbonyl (C=O) groups excluding carboxylic acids is 1. The molecule has 0 aliphatic rings. The van der Waals surface area contributed by atoms with Gasteiger partial charge in [0.15, 0.2) is 11.5 Å². The van der Waals surface area contributed by atoms with Crippen molar-refractivity contribution < 1.29 is 19.4 Å². The zero-order chi connectivity index (χ0) is 17.3. The fourth-order valence-electron chi connectivity index (χ4n) is 2.47. The number of methoxy groups -OCH3 is 2. The molecule has 0 saturated carbocycles. The quantitative estimate of drug-likeness (QED) is 0.703. The minimum absolute atomic E-state index is 0.235. The van der Waals surface area contributed by atoms with Crippen LogP contribution in [0.3, 0.4) is 0 Å². The normalized spacial score (nSPS) is 10.6. The summed E-state index contributed by atoms with van der Waals surface area (Å²) in [6.07, 6.45) is 0. The highest BCUT2D eigenvalue weighted by atomic mass is 16.5. The summed E-state index contributed by atoms with van der Waals surface area (Å²) in [7, 11) is 2.96. The predicted molar refractivity (Wildman–Crippen MR) is 84.8 cm³/mol. The summed E-state index contributed by atoms with van der Waals surface area (Å²) in [5.74, 6) is -0.581. The van der Waals surface area contributed by atoms with Crippen LogP contribution in [0.4, 0.5) is 0 Å². The highest BCUT2D eigenvalue weighted by Gasteiger charge is 2.14. The van der Waals surface area contributed by atoms with Crippen LogP contribution in [0.5, 0.6) is 11.5 Å². The Morgan fingerprint density at radius 2 is 1.71 bits per heavy atom. The van der Waals surface area contributed by atoms with E-state index in [0.29, 0.717) is 17.2 Å². The molecule has 0 atom stereocenters. The fraction of sp³-hybridized carbons (Fsp3) is 0.118. The van der Waals surface area contributed by atoms with Gasteiger partial charge in [-0.15, -0.1) is 0 Å². The van der Waals surface area contributed by atoms with Crippen LogP contribution in [0.2, 0.25) is 0 Å². The van der Waals surface area contributed by atoms with Crippen LogP contribution in [0.1, 0.15) is 10.5 Å². The maximum atomic E-state index is 12.7. The molecule has 1 heterocycles. The highest BCUT2D eigenvalue weighted by Crippen LogP contribution is 2.28. The predicted octanol–water partition coefficient (Wildman–Crippen LogP) is 0.766. The standard InChI is InChI=1S/C17H14N2O5/c1-23-13-8-7-10(9-14(13)24-2)19-16(20)12-6-4-3-5-11(12)15(18-19)17(21)22/h3-9H,1-2H3,(H,21,22)/p-1. The third-order valence-electron chi connectivity index (χ3n) is 3.61. The van der Waals surface area contributed by atoms with Crippen LogP contribution in [-0.4, -0.2) is 30.0 Å². The van der Waals surface area contributed by atoms with E-state index in [-0.39, 0.29) is 16.5 Å². The first kappa shape index (κ1) is 15.5. The van der Waals surface area contributed by atoms with E-state index in [1.54, 1.807) is 36.4 Å². The first-order chi connectivity index (χ1) is 11.6. The number of carbonyl (C=O) groups is 1. The lowest BCUT2D eigenvalue weighted by atomic mass is 10.1. The van der Waals surface area contributed by atoms with Gasteiger partial charge >= 0.3 is 0 Å². The number of nitrogens with zero attached hydrogens (tertiary/aromatic N) is 2. The lowest BCUT2D eigenvalue weighted by Gasteiger charge is -2.13. The van der Waals surface area contributed by atoms with Crippen molar-refractivity contribution in [3.05, 3.63) is 58.5 Å². The molecule has 0 unspecified atom stereocenters. The van der Waals surface area contributed by atoms with Gasteiger partial charge in [-0.2, -0.15) is 9.78 Å². The maximum absolute atomic E-state index is 12.7. The molecular formula is C17H13N2O5-. The topological polar surface area (TPSA) is 93.5 Å². The van der Waals surface area contributed by atoms with Crippen molar-refractivity contribution >= 4 is 16.7 Å². The van der Waals surface area contributed by atoms with E-state index in [9.17, 15) is 14.7 Å². The third-order valence-corrected chi connectivity index (χ3v) is 3.61. The second-order valence-electron chi connectivity index (χ2n) is 4.94. The molecule has 7 heteroatoms. The molecule has 3 aromatic rings. The van der Waals surface area contributed by atoms with Crippen LogP contribution < -0.4 is 20.1 Å². The van der Waals surface area contributed by atoms with Crippen LogP contribution in [0, 0.1) is 0 Å². The number of benzene rings is 2. The van der Waals surface area contributed by atoms with Gasteiger partial charge in [-0.3, -0.25) is 4.79 Å². The molecular weight excluding hydrogens is 312 g/mol. The molecule has 0 saturated heterocycles. The summed E-state index contributed by atoms with van der Waals surface area (Å²) in [6, 6.07) is 11.1. The van der Waals surface area contributed by atoms with E-state index in [2.05, 4.69) is 5.10 Å². The van der Waals surface area contributed by atoms with Crippen LogP contribution in [0.25, 0.3) is 16.5 Å².